The Kier molecular flexibility index (Phi) is 2.59. The second kappa shape index (κ2) is 3.73. The second-order valence-electron chi connectivity index (χ2n) is 4.55. The van der Waals surface area contributed by atoms with Gasteiger partial charge in [0.15, 0.2) is 0 Å². The van der Waals surface area contributed by atoms with E-state index in [1.165, 1.54) is 12.0 Å². The molecule has 1 aromatic heterocycles. The molecule has 0 aromatic carbocycles. The highest BCUT2D eigenvalue weighted by Gasteiger charge is 2.25. The minimum Gasteiger partial charge on any atom is -0.310 e. The fraction of sp³-hybridized carbons (Fsp3) is 0.727. The molecule has 2 unspecified atom stereocenters. The van der Waals surface area contributed by atoms with E-state index in [0.29, 0.717) is 12.1 Å². The summed E-state index contributed by atoms with van der Waals surface area (Å²) in [7, 11) is 0. The fourth-order valence-corrected chi connectivity index (χ4v) is 2.08. The van der Waals surface area contributed by atoms with Gasteiger partial charge in [0, 0.05) is 23.8 Å². The highest BCUT2D eigenvalue weighted by Crippen LogP contribution is 2.28. The maximum Gasteiger partial charge on any atom is 0.0537 e. The SMILES string of the molecule is CC1CCNC1c1cnn(C(C)C)c1. The lowest BCUT2D eigenvalue weighted by Gasteiger charge is -2.13. The summed E-state index contributed by atoms with van der Waals surface area (Å²) in [5, 5.41) is 7.89. The topological polar surface area (TPSA) is 29.9 Å². The standard InChI is InChI=1S/C11H19N3/c1-8(2)14-7-10(6-13-14)11-9(3)4-5-12-11/h6-9,11-12H,4-5H2,1-3H3. The molecule has 0 amide bonds. The Morgan fingerprint density at radius 1 is 1.57 bits per heavy atom. The van der Waals surface area contributed by atoms with E-state index in [4.69, 9.17) is 0 Å². The first-order valence-corrected chi connectivity index (χ1v) is 5.46. The van der Waals surface area contributed by atoms with Crippen LogP contribution in [0.1, 0.15) is 44.8 Å². The predicted octanol–water partition coefficient (Wildman–Crippen LogP) is 2.13. The van der Waals surface area contributed by atoms with E-state index in [0.717, 1.165) is 12.5 Å². The molecule has 1 fully saturated rings. The van der Waals surface area contributed by atoms with E-state index >= 15 is 0 Å². The van der Waals surface area contributed by atoms with E-state index in [2.05, 4.69) is 37.4 Å². The van der Waals surface area contributed by atoms with Crippen molar-refractivity contribution in [2.75, 3.05) is 6.54 Å². The van der Waals surface area contributed by atoms with Gasteiger partial charge in [0.05, 0.1) is 6.20 Å². The van der Waals surface area contributed by atoms with Gasteiger partial charge in [-0.3, -0.25) is 4.68 Å². The van der Waals surface area contributed by atoms with Crippen molar-refractivity contribution in [2.24, 2.45) is 5.92 Å². The largest absolute Gasteiger partial charge is 0.310 e. The lowest BCUT2D eigenvalue weighted by atomic mass is 9.99. The number of rotatable bonds is 2. The van der Waals surface area contributed by atoms with Gasteiger partial charge in [0.1, 0.15) is 0 Å². The summed E-state index contributed by atoms with van der Waals surface area (Å²) >= 11 is 0. The van der Waals surface area contributed by atoms with Crippen LogP contribution in [0, 0.1) is 5.92 Å². The summed E-state index contributed by atoms with van der Waals surface area (Å²) in [5.41, 5.74) is 1.34. The summed E-state index contributed by atoms with van der Waals surface area (Å²) in [5.74, 6) is 0.736. The van der Waals surface area contributed by atoms with E-state index < -0.39 is 0 Å². The van der Waals surface area contributed by atoms with Gasteiger partial charge in [0.25, 0.3) is 0 Å². The van der Waals surface area contributed by atoms with Gasteiger partial charge in [-0.05, 0) is 32.7 Å². The van der Waals surface area contributed by atoms with Crippen molar-refractivity contribution in [3.05, 3.63) is 18.0 Å². The average Bonchev–Trinajstić information content (AvgIpc) is 2.71. The molecule has 0 saturated carbocycles. The van der Waals surface area contributed by atoms with Gasteiger partial charge < -0.3 is 5.32 Å². The molecule has 1 aliphatic rings. The van der Waals surface area contributed by atoms with Crippen molar-refractivity contribution in [3.8, 4) is 0 Å². The lowest BCUT2D eigenvalue weighted by molar-refractivity contribution is 0.498. The van der Waals surface area contributed by atoms with Crippen LogP contribution in [0.15, 0.2) is 12.4 Å². The molecule has 1 aliphatic heterocycles. The molecule has 2 heterocycles. The number of nitrogens with zero attached hydrogens (tertiary/aromatic N) is 2. The number of hydrogen-bond acceptors (Lipinski definition) is 2. The monoisotopic (exact) mass is 193 g/mol. The number of aromatic nitrogens is 2. The summed E-state index contributed by atoms with van der Waals surface area (Å²) in [6.07, 6.45) is 5.45. The molecule has 78 valence electrons. The molecule has 1 saturated heterocycles. The number of hydrogen-bond donors (Lipinski definition) is 1. The molecule has 0 spiro atoms. The Labute approximate surface area is 85.5 Å². The first-order valence-electron chi connectivity index (χ1n) is 5.46. The molecule has 14 heavy (non-hydrogen) atoms. The van der Waals surface area contributed by atoms with Gasteiger partial charge in [-0.1, -0.05) is 6.92 Å². The third-order valence-corrected chi connectivity index (χ3v) is 3.04. The van der Waals surface area contributed by atoms with Crippen molar-refractivity contribution >= 4 is 0 Å². The maximum atomic E-state index is 4.37. The fourth-order valence-electron chi connectivity index (χ4n) is 2.08. The van der Waals surface area contributed by atoms with Crippen LogP contribution in [-0.2, 0) is 0 Å². The molecule has 2 atom stereocenters. The molecule has 1 aromatic rings. The zero-order chi connectivity index (χ0) is 10.1. The Bertz CT molecular complexity index is 303. The van der Waals surface area contributed by atoms with Crippen LogP contribution < -0.4 is 5.32 Å². The van der Waals surface area contributed by atoms with Crippen molar-refractivity contribution in [2.45, 2.75) is 39.3 Å². The van der Waals surface area contributed by atoms with E-state index in [1.807, 2.05) is 10.9 Å². The zero-order valence-electron chi connectivity index (χ0n) is 9.20. The molecular weight excluding hydrogens is 174 g/mol. The summed E-state index contributed by atoms with van der Waals surface area (Å²) in [6, 6.07) is 0.975. The molecule has 3 nitrogen and oxygen atoms in total. The Morgan fingerprint density at radius 3 is 2.86 bits per heavy atom. The first kappa shape index (κ1) is 9.71. The van der Waals surface area contributed by atoms with Crippen LogP contribution >= 0.6 is 0 Å². The molecule has 3 heteroatoms. The van der Waals surface area contributed by atoms with Gasteiger partial charge in [-0.2, -0.15) is 5.10 Å². The third-order valence-electron chi connectivity index (χ3n) is 3.04. The normalized spacial score (nSPS) is 27.4. The molecular formula is C11H19N3. The van der Waals surface area contributed by atoms with E-state index in [9.17, 15) is 0 Å². The van der Waals surface area contributed by atoms with E-state index in [-0.39, 0.29) is 0 Å². The van der Waals surface area contributed by atoms with Crippen molar-refractivity contribution < 1.29 is 0 Å². The van der Waals surface area contributed by atoms with Crippen LogP contribution in [0.2, 0.25) is 0 Å². The Hall–Kier alpha value is -0.830. The molecule has 2 rings (SSSR count). The van der Waals surface area contributed by atoms with Crippen molar-refractivity contribution in [1.29, 1.82) is 0 Å². The smallest absolute Gasteiger partial charge is 0.0537 e. The zero-order valence-corrected chi connectivity index (χ0v) is 9.20. The van der Waals surface area contributed by atoms with Crippen molar-refractivity contribution in [1.82, 2.24) is 15.1 Å². The minimum absolute atomic E-state index is 0.459. The van der Waals surface area contributed by atoms with Gasteiger partial charge in [-0.25, -0.2) is 0 Å². The first-order chi connectivity index (χ1) is 6.68. The molecule has 0 radical (unpaired) electrons. The van der Waals surface area contributed by atoms with Gasteiger partial charge in [0.2, 0.25) is 0 Å². The van der Waals surface area contributed by atoms with Gasteiger partial charge in [-0.15, -0.1) is 0 Å². The molecule has 0 bridgehead atoms. The molecule has 0 aliphatic carbocycles. The molecule has 1 N–H and O–H groups in total. The number of nitrogens with one attached hydrogen (secondary N) is 1. The predicted molar refractivity (Wildman–Crippen MR) is 57.1 cm³/mol. The summed E-state index contributed by atoms with van der Waals surface area (Å²) in [4.78, 5) is 0. The Morgan fingerprint density at radius 2 is 2.36 bits per heavy atom. The van der Waals surface area contributed by atoms with Crippen molar-refractivity contribution in [3.63, 3.8) is 0 Å². The lowest BCUT2D eigenvalue weighted by Crippen LogP contribution is -2.15. The third kappa shape index (κ3) is 1.69. The van der Waals surface area contributed by atoms with Crippen LogP contribution in [0.4, 0.5) is 0 Å². The highest BCUT2D eigenvalue weighted by molar-refractivity contribution is 5.13. The van der Waals surface area contributed by atoms with Crippen LogP contribution in [0.5, 0.6) is 0 Å². The summed E-state index contributed by atoms with van der Waals surface area (Å²) in [6.45, 7) is 7.75. The average molecular weight is 193 g/mol. The second-order valence-corrected chi connectivity index (χ2v) is 4.55. The van der Waals surface area contributed by atoms with Crippen LogP contribution in [0.25, 0.3) is 0 Å². The van der Waals surface area contributed by atoms with Crippen LogP contribution in [0.3, 0.4) is 0 Å². The van der Waals surface area contributed by atoms with E-state index in [1.54, 1.807) is 0 Å². The minimum atomic E-state index is 0.459. The van der Waals surface area contributed by atoms with Crippen LogP contribution in [-0.4, -0.2) is 16.3 Å². The Balaban J connectivity index is 2.16. The maximum absolute atomic E-state index is 4.37. The highest BCUT2D eigenvalue weighted by atomic mass is 15.3. The van der Waals surface area contributed by atoms with Gasteiger partial charge >= 0.3 is 0 Å². The summed E-state index contributed by atoms with van der Waals surface area (Å²) < 4.78 is 2.03. The quantitative estimate of drug-likeness (QED) is 0.779.